The number of hydrogen-bond acceptors (Lipinski definition) is 8. The molecule has 10 nitrogen and oxygen atoms in total. The number of likely N-dealkylation sites (tertiary alicyclic amines) is 2. The number of aromatic nitrogens is 4. The minimum atomic E-state index is -0.643. The Bertz CT molecular complexity index is 1510. The van der Waals surface area contributed by atoms with E-state index in [1.807, 2.05) is 45.4 Å². The molecule has 0 saturated carbocycles. The van der Waals surface area contributed by atoms with E-state index < -0.39 is 17.5 Å². The van der Waals surface area contributed by atoms with Crippen LogP contribution in [0.15, 0.2) is 10.5 Å². The van der Waals surface area contributed by atoms with Gasteiger partial charge < -0.3 is 14.4 Å². The summed E-state index contributed by atoms with van der Waals surface area (Å²) in [6.45, 7) is 10.7. The van der Waals surface area contributed by atoms with Crippen LogP contribution in [0.3, 0.4) is 0 Å². The molecule has 0 spiro atoms. The van der Waals surface area contributed by atoms with Crippen molar-refractivity contribution in [2.24, 2.45) is 0 Å². The summed E-state index contributed by atoms with van der Waals surface area (Å²) in [6, 6.07) is 3.78. The molecular formula is C29H37BrFN7O3. The summed E-state index contributed by atoms with van der Waals surface area (Å²) in [7, 11) is 2.08. The maximum Gasteiger partial charge on any atom is 0.410 e. The highest BCUT2D eigenvalue weighted by molar-refractivity contribution is 9.10. The Hall–Kier alpha value is -3.04. The van der Waals surface area contributed by atoms with Crippen molar-refractivity contribution < 1.29 is 18.7 Å². The van der Waals surface area contributed by atoms with E-state index in [9.17, 15) is 10.1 Å². The maximum absolute atomic E-state index is 15.7. The van der Waals surface area contributed by atoms with Gasteiger partial charge in [-0.2, -0.15) is 5.26 Å². The van der Waals surface area contributed by atoms with Gasteiger partial charge in [0.05, 0.1) is 29.0 Å². The summed E-state index contributed by atoms with van der Waals surface area (Å²) in [5, 5.41) is 19.2. The van der Waals surface area contributed by atoms with Crippen LogP contribution in [0.25, 0.3) is 21.9 Å². The van der Waals surface area contributed by atoms with E-state index in [2.05, 4.69) is 49.2 Å². The van der Waals surface area contributed by atoms with Crippen molar-refractivity contribution in [1.29, 1.82) is 5.26 Å². The second kappa shape index (κ2) is 11.3. The zero-order valence-electron chi connectivity index (χ0n) is 24.4. The van der Waals surface area contributed by atoms with Crippen molar-refractivity contribution in [2.45, 2.75) is 96.6 Å². The number of rotatable bonds is 5. The molecule has 0 bridgehead atoms. The Labute approximate surface area is 247 Å². The number of likely N-dealkylation sites (N-methyl/N-ethyl adjacent to an activating group) is 1. The van der Waals surface area contributed by atoms with Crippen LogP contribution in [0, 0.1) is 24.1 Å². The fourth-order valence-corrected chi connectivity index (χ4v) is 6.41. The van der Waals surface area contributed by atoms with Gasteiger partial charge in [0.1, 0.15) is 22.7 Å². The van der Waals surface area contributed by atoms with Crippen molar-refractivity contribution in [3.8, 4) is 11.9 Å². The molecule has 4 atom stereocenters. The van der Waals surface area contributed by atoms with Crippen molar-refractivity contribution in [2.75, 3.05) is 20.1 Å². The number of fused-ring (bicyclic) bond motifs is 3. The predicted octanol–water partition coefficient (Wildman–Crippen LogP) is 5.91. The third-order valence-corrected chi connectivity index (χ3v) is 9.11. The summed E-state index contributed by atoms with van der Waals surface area (Å²) in [5.41, 5.74) is 1.37. The van der Waals surface area contributed by atoms with E-state index in [0.29, 0.717) is 40.3 Å². The fourth-order valence-electron chi connectivity index (χ4n) is 6.11. The Balaban J connectivity index is 1.57. The number of nitriles is 1. The molecule has 4 heterocycles. The maximum atomic E-state index is 15.7. The zero-order chi connectivity index (χ0) is 29.6. The number of aryl methyl sites for hydroxylation is 1. The molecule has 41 heavy (non-hydrogen) atoms. The molecule has 0 unspecified atom stereocenters. The monoisotopic (exact) mass is 629 g/mol. The van der Waals surface area contributed by atoms with E-state index in [1.54, 1.807) is 4.90 Å². The number of pyridine rings is 1. The Morgan fingerprint density at radius 3 is 2.71 bits per heavy atom. The molecular weight excluding hydrogens is 593 g/mol. The molecule has 12 heteroatoms. The van der Waals surface area contributed by atoms with Gasteiger partial charge in [-0.25, -0.2) is 18.9 Å². The largest absolute Gasteiger partial charge is 0.471 e. The smallest absolute Gasteiger partial charge is 0.410 e. The van der Waals surface area contributed by atoms with E-state index in [1.165, 1.54) is 0 Å². The van der Waals surface area contributed by atoms with Crippen LogP contribution in [0.2, 0.25) is 0 Å². The summed E-state index contributed by atoms with van der Waals surface area (Å²) < 4.78 is 29.9. The highest BCUT2D eigenvalue weighted by atomic mass is 79.9. The highest BCUT2D eigenvalue weighted by Crippen LogP contribution is 2.39. The zero-order valence-corrected chi connectivity index (χ0v) is 26.0. The number of amides is 1. The van der Waals surface area contributed by atoms with Crippen LogP contribution >= 0.6 is 15.9 Å². The lowest BCUT2D eigenvalue weighted by molar-refractivity contribution is 0.00557. The highest BCUT2D eigenvalue weighted by Gasteiger charge is 2.37. The lowest BCUT2D eigenvalue weighted by Gasteiger charge is -2.39. The number of halogens is 2. The third kappa shape index (κ3) is 5.71. The molecule has 5 rings (SSSR count). The first-order valence-electron chi connectivity index (χ1n) is 14.2. The normalized spacial score (nSPS) is 22.7. The summed E-state index contributed by atoms with van der Waals surface area (Å²) >= 11 is 3.37. The van der Waals surface area contributed by atoms with Crippen LogP contribution in [0.5, 0.6) is 5.88 Å². The van der Waals surface area contributed by atoms with Gasteiger partial charge in [0, 0.05) is 18.0 Å². The van der Waals surface area contributed by atoms with Crippen LogP contribution in [-0.4, -0.2) is 79.8 Å². The van der Waals surface area contributed by atoms with Crippen molar-refractivity contribution in [1.82, 2.24) is 29.8 Å². The fraction of sp³-hybridized carbons (Fsp3) is 0.621. The number of piperidine rings is 1. The standard InChI is InChI=1S/C29H37BrFN7O3/c1-16-14-20-24(23(31)22(16)30)33-27(40-17(2)21-8-7-12-36(21)6)25-26(20)38(35-34-25)19-10-13-37(18(15-19)9-11-32)28(39)41-29(3,4)5/h14,17-19,21H,7-10,12-13,15H2,1-6H3/t17-,18+,19-,21-/m0/s1. The summed E-state index contributed by atoms with van der Waals surface area (Å²) in [6.07, 6.45) is 2.70. The lowest BCUT2D eigenvalue weighted by atomic mass is 9.95. The lowest BCUT2D eigenvalue weighted by Crippen LogP contribution is -2.48. The third-order valence-electron chi connectivity index (χ3n) is 8.13. The number of carbonyl (C=O) groups is 1. The van der Waals surface area contributed by atoms with Gasteiger partial charge in [-0.1, -0.05) is 5.21 Å². The topological polar surface area (TPSA) is 109 Å². The number of hydrogen-bond donors (Lipinski definition) is 0. The van der Waals surface area contributed by atoms with Crippen LogP contribution < -0.4 is 4.74 Å². The summed E-state index contributed by atoms with van der Waals surface area (Å²) in [4.78, 5) is 21.5. The molecule has 0 aliphatic carbocycles. The SMILES string of the molecule is Cc1cc2c(nc(O[C@@H](C)[C@@H]3CCCN3C)c3nnn([C@H]4CCN(C(=O)OC(C)(C)C)[C@H](CC#N)C4)c32)c(F)c1Br. The molecule has 1 aromatic carbocycles. The minimum Gasteiger partial charge on any atom is -0.471 e. The molecule has 2 aliphatic heterocycles. The average Bonchev–Trinajstić information content (AvgIpc) is 3.54. The molecule has 2 aromatic heterocycles. The van der Waals surface area contributed by atoms with E-state index in [4.69, 9.17) is 9.47 Å². The Kier molecular flexibility index (Phi) is 8.14. The van der Waals surface area contributed by atoms with E-state index in [-0.39, 0.29) is 42.0 Å². The molecule has 0 radical (unpaired) electrons. The number of ether oxygens (including phenoxy) is 2. The van der Waals surface area contributed by atoms with Gasteiger partial charge in [-0.15, -0.1) is 5.10 Å². The average molecular weight is 631 g/mol. The first-order chi connectivity index (χ1) is 19.4. The predicted molar refractivity (Wildman–Crippen MR) is 156 cm³/mol. The number of nitrogens with zero attached hydrogens (tertiary/aromatic N) is 7. The Morgan fingerprint density at radius 2 is 2.05 bits per heavy atom. The van der Waals surface area contributed by atoms with Crippen molar-refractivity contribution in [3.63, 3.8) is 0 Å². The minimum absolute atomic E-state index is 0.159. The quantitative estimate of drug-likeness (QED) is 0.343. The molecule has 2 aliphatic rings. The van der Waals surface area contributed by atoms with Gasteiger partial charge in [0.15, 0.2) is 11.3 Å². The molecule has 0 N–H and O–H groups in total. The Morgan fingerprint density at radius 1 is 1.29 bits per heavy atom. The van der Waals surface area contributed by atoms with Gasteiger partial charge >= 0.3 is 6.09 Å². The molecule has 2 saturated heterocycles. The van der Waals surface area contributed by atoms with E-state index in [0.717, 1.165) is 24.9 Å². The van der Waals surface area contributed by atoms with Crippen molar-refractivity contribution in [3.05, 3.63) is 21.9 Å². The van der Waals surface area contributed by atoms with Gasteiger partial charge in [-0.05, 0) is 101 Å². The van der Waals surface area contributed by atoms with Crippen LogP contribution in [0.4, 0.5) is 9.18 Å². The number of benzene rings is 1. The molecule has 2 fully saturated rings. The second-order valence-corrected chi connectivity index (χ2v) is 13.0. The first kappa shape index (κ1) is 29.5. The van der Waals surface area contributed by atoms with Crippen LogP contribution in [-0.2, 0) is 4.74 Å². The van der Waals surface area contributed by atoms with E-state index >= 15 is 4.39 Å². The summed E-state index contributed by atoms with van der Waals surface area (Å²) in [5.74, 6) is -0.215. The molecule has 220 valence electrons. The van der Waals surface area contributed by atoms with Gasteiger partial charge in [0.25, 0.3) is 0 Å². The van der Waals surface area contributed by atoms with Gasteiger partial charge in [-0.3, -0.25) is 4.90 Å². The molecule has 3 aromatic rings. The van der Waals surface area contributed by atoms with Crippen molar-refractivity contribution >= 4 is 44.0 Å². The molecule has 1 amide bonds. The van der Waals surface area contributed by atoms with Crippen LogP contribution in [0.1, 0.15) is 71.4 Å². The second-order valence-electron chi connectivity index (χ2n) is 12.2. The first-order valence-corrected chi connectivity index (χ1v) is 15.0. The number of carbonyl (C=O) groups excluding carboxylic acids is 1. The van der Waals surface area contributed by atoms with Gasteiger partial charge in [0.2, 0.25) is 5.88 Å².